The van der Waals surface area contributed by atoms with Gasteiger partial charge in [0.25, 0.3) is 5.56 Å². The van der Waals surface area contributed by atoms with Crippen molar-refractivity contribution in [1.82, 2.24) is 9.13 Å². The molecule has 6 heteroatoms. The van der Waals surface area contributed by atoms with Crippen LogP contribution in [0.5, 0.6) is 0 Å². The lowest BCUT2D eigenvalue weighted by atomic mass is 10.4. The molecule has 0 N–H and O–H groups in total. The number of hydrogen-bond acceptors (Lipinski definition) is 2. The van der Waals surface area contributed by atoms with Crippen LogP contribution in [0, 0.1) is 0 Å². The maximum atomic E-state index is 11.4. The summed E-state index contributed by atoms with van der Waals surface area (Å²) < 4.78 is 2.92. The molecular formula is C7H8Br2N2O2. The number of alkyl halides is 1. The zero-order valence-corrected chi connectivity index (χ0v) is 10.3. The van der Waals surface area contributed by atoms with Crippen LogP contribution in [-0.4, -0.2) is 9.13 Å². The summed E-state index contributed by atoms with van der Waals surface area (Å²) in [6.45, 7) is 0. The minimum Gasteiger partial charge on any atom is -0.299 e. The highest BCUT2D eigenvalue weighted by Crippen LogP contribution is 2.11. The number of aromatic nitrogens is 2. The molecule has 0 aliphatic heterocycles. The molecule has 0 radical (unpaired) electrons. The molecule has 72 valence electrons. The highest BCUT2D eigenvalue weighted by molar-refractivity contribution is 9.10. The SMILES string of the molecule is Cn1c(CBr)c(Br)c(=O)n(C)c1=O. The number of rotatable bonds is 1. The molecule has 0 saturated heterocycles. The molecule has 13 heavy (non-hydrogen) atoms. The van der Waals surface area contributed by atoms with Crippen LogP contribution in [-0.2, 0) is 19.4 Å². The molecule has 4 nitrogen and oxygen atoms in total. The average Bonchev–Trinajstić information content (AvgIpc) is 2.13. The zero-order chi connectivity index (χ0) is 10.2. The van der Waals surface area contributed by atoms with E-state index in [0.29, 0.717) is 15.5 Å². The van der Waals surface area contributed by atoms with Crippen molar-refractivity contribution < 1.29 is 0 Å². The molecule has 0 amide bonds. The topological polar surface area (TPSA) is 44.0 Å². The van der Waals surface area contributed by atoms with Crippen molar-refractivity contribution in [3.05, 3.63) is 31.0 Å². The second kappa shape index (κ2) is 3.79. The Morgan fingerprint density at radius 2 is 1.77 bits per heavy atom. The molecule has 0 fully saturated rings. The van der Waals surface area contributed by atoms with Crippen LogP contribution in [0.3, 0.4) is 0 Å². The molecule has 0 unspecified atom stereocenters. The first-order chi connectivity index (χ1) is 6.00. The first-order valence-electron chi connectivity index (χ1n) is 3.51. The van der Waals surface area contributed by atoms with Gasteiger partial charge in [0.15, 0.2) is 0 Å². The molecule has 1 aromatic heterocycles. The summed E-state index contributed by atoms with van der Waals surface area (Å²) in [7, 11) is 3.08. The number of halogens is 2. The van der Waals surface area contributed by atoms with Crippen molar-refractivity contribution in [3.8, 4) is 0 Å². The van der Waals surface area contributed by atoms with Gasteiger partial charge in [-0.05, 0) is 15.9 Å². The Labute approximate surface area is 91.4 Å². The molecule has 1 aromatic rings. The van der Waals surface area contributed by atoms with E-state index in [2.05, 4.69) is 31.9 Å². The van der Waals surface area contributed by atoms with E-state index >= 15 is 0 Å². The first-order valence-corrected chi connectivity index (χ1v) is 5.42. The second-order valence-electron chi connectivity index (χ2n) is 2.60. The van der Waals surface area contributed by atoms with Crippen LogP contribution in [0.1, 0.15) is 5.69 Å². The summed E-state index contributed by atoms with van der Waals surface area (Å²) in [4.78, 5) is 22.8. The Balaban J connectivity index is 3.78. The minimum atomic E-state index is -0.317. The normalized spacial score (nSPS) is 10.5. The van der Waals surface area contributed by atoms with E-state index in [1.807, 2.05) is 0 Å². The third-order valence-electron chi connectivity index (χ3n) is 1.85. The Morgan fingerprint density at radius 1 is 1.23 bits per heavy atom. The van der Waals surface area contributed by atoms with E-state index < -0.39 is 0 Å². The highest BCUT2D eigenvalue weighted by Gasteiger charge is 2.11. The Morgan fingerprint density at radius 3 is 2.23 bits per heavy atom. The van der Waals surface area contributed by atoms with Crippen molar-refractivity contribution in [2.24, 2.45) is 14.1 Å². The predicted molar refractivity (Wildman–Crippen MR) is 57.3 cm³/mol. The Bertz CT molecular complexity index is 410. The molecule has 1 rings (SSSR count). The van der Waals surface area contributed by atoms with E-state index in [4.69, 9.17) is 0 Å². The number of hydrogen-bond donors (Lipinski definition) is 0. The molecule has 0 spiro atoms. The molecule has 0 aliphatic carbocycles. The predicted octanol–water partition coefficient (Wildman–Crippen LogP) is 0.741. The van der Waals surface area contributed by atoms with Gasteiger partial charge < -0.3 is 0 Å². The second-order valence-corrected chi connectivity index (χ2v) is 3.95. The summed E-state index contributed by atoms with van der Waals surface area (Å²) >= 11 is 6.37. The minimum absolute atomic E-state index is 0.308. The lowest BCUT2D eigenvalue weighted by Crippen LogP contribution is -2.39. The molecule has 0 aromatic carbocycles. The van der Waals surface area contributed by atoms with Crippen LogP contribution < -0.4 is 11.2 Å². The van der Waals surface area contributed by atoms with E-state index in [9.17, 15) is 9.59 Å². The summed E-state index contributed by atoms with van der Waals surface area (Å²) in [5.41, 5.74) is 0.0216. The van der Waals surface area contributed by atoms with Crippen LogP contribution in [0.4, 0.5) is 0 Å². The fourth-order valence-corrected chi connectivity index (χ4v) is 2.70. The molecule has 0 atom stereocenters. The van der Waals surface area contributed by atoms with Crippen molar-refractivity contribution in [3.63, 3.8) is 0 Å². The van der Waals surface area contributed by atoms with Crippen LogP contribution in [0.2, 0.25) is 0 Å². The fourth-order valence-electron chi connectivity index (χ4n) is 0.994. The van der Waals surface area contributed by atoms with E-state index in [1.54, 1.807) is 7.05 Å². The standard InChI is InChI=1S/C7H8Br2N2O2/c1-10-4(3-8)5(9)6(12)11(2)7(10)13/h3H2,1-2H3. The largest absolute Gasteiger partial charge is 0.330 e. The van der Waals surface area contributed by atoms with Crippen molar-refractivity contribution in [1.29, 1.82) is 0 Å². The van der Waals surface area contributed by atoms with Gasteiger partial charge in [-0.2, -0.15) is 0 Å². The number of nitrogens with zero attached hydrogens (tertiary/aromatic N) is 2. The van der Waals surface area contributed by atoms with Gasteiger partial charge in [-0.1, -0.05) is 15.9 Å². The molecular weight excluding hydrogens is 304 g/mol. The van der Waals surface area contributed by atoms with Gasteiger partial charge in [0.1, 0.15) is 4.47 Å². The van der Waals surface area contributed by atoms with E-state index in [1.165, 1.54) is 11.6 Å². The van der Waals surface area contributed by atoms with E-state index in [-0.39, 0.29) is 11.2 Å². The summed E-state index contributed by atoms with van der Waals surface area (Å²) in [5, 5.41) is 0.468. The lowest BCUT2D eigenvalue weighted by molar-refractivity contribution is 0.659. The summed E-state index contributed by atoms with van der Waals surface area (Å²) in [6, 6.07) is 0. The molecule has 0 saturated carbocycles. The fraction of sp³-hybridized carbons (Fsp3) is 0.429. The van der Waals surface area contributed by atoms with Crippen LogP contribution in [0.25, 0.3) is 0 Å². The van der Waals surface area contributed by atoms with Gasteiger partial charge in [0, 0.05) is 19.4 Å². The monoisotopic (exact) mass is 310 g/mol. The summed E-state index contributed by atoms with van der Waals surface area (Å²) in [6.07, 6.45) is 0. The van der Waals surface area contributed by atoms with Crippen molar-refractivity contribution in [2.75, 3.05) is 0 Å². The highest BCUT2D eigenvalue weighted by atomic mass is 79.9. The molecule has 0 aliphatic rings. The van der Waals surface area contributed by atoms with Crippen molar-refractivity contribution in [2.45, 2.75) is 5.33 Å². The molecule has 0 bridgehead atoms. The van der Waals surface area contributed by atoms with Crippen LogP contribution >= 0.6 is 31.9 Å². The molecule has 1 heterocycles. The van der Waals surface area contributed by atoms with E-state index in [0.717, 1.165) is 4.57 Å². The van der Waals surface area contributed by atoms with Gasteiger partial charge in [-0.15, -0.1) is 0 Å². The maximum Gasteiger partial charge on any atom is 0.330 e. The third kappa shape index (κ3) is 1.65. The Hall–Kier alpha value is -0.360. The van der Waals surface area contributed by atoms with Gasteiger partial charge in [0.05, 0.1) is 5.69 Å². The Kier molecular flexibility index (Phi) is 3.13. The quantitative estimate of drug-likeness (QED) is 0.718. The van der Waals surface area contributed by atoms with Crippen LogP contribution in [0.15, 0.2) is 14.1 Å². The van der Waals surface area contributed by atoms with Gasteiger partial charge >= 0.3 is 5.69 Å². The van der Waals surface area contributed by atoms with Gasteiger partial charge in [0.2, 0.25) is 0 Å². The first kappa shape index (κ1) is 10.7. The average molecular weight is 312 g/mol. The lowest BCUT2D eigenvalue weighted by Gasteiger charge is -2.08. The maximum absolute atomic E-state index is 11.4. The van der Waals surface area contributed by atoms with Crippen molar-refractivity contribution >= 4 is 31.9 Å². The van der Waals surface area contributed by atoms with Gasteiger partial charge in [-0.3, -0.25) is 13.9 Å². The zero-order valence-electron chi connectivity index (χ0n) is 7.17. The third-order valence-corrected chi connectivity index (χ3v) is 3.18. The van der Waals surface area contributed by atoms with Gasteiger partial charge in [-0.25, -0.2) is 4.79 Å². The summed E-state index contributed by atoms with van der Waals surface area (Å²) in [5.74, 6) is 0. The smallest absolute Gasteiger partial charge is 0.299 e.